The first-order valence-corrected chi connectivity index (χ1v) is 8.91. The van der Waals surface area contributed by atoms with Crippen LogP contribution < -0.4 is 10.6 Å². The molecule has 2 N–H and O–H groups in total. The fourth-order valence-electron chi connectivity index (χ4n) is 3.71. The number of likely N-dealkylation sites (N-methyl/N-ethyl adjacent to an activating group) is 1. The molecule has 1 aliphatic heterocycles. The van der Waals surface area contributed by atoms with Gasteiger partial charge in [0.1, 0.15) is 6.04 Å². The topological polar surface area (TPSA) is 62.2 Å². The van der Waals surface area contributed by atoms with Crippen LogP contribution in [0.5, 0.6) is 0 Å². The molecule has 0 spiro atoms. The Morgan fingerprint density at radius 2 is 2.00 bits per heavy atom. The summed E-state index contributed by atoms with van der Waals surface area (Å²) in [4.78, 5) is 15.1. The zero-order chi connectivity index (χ0) is 17.9. The SMILES string of the molecule is CNC(C(=O)NCC(C)(C)N1CC(C)CC(C)C1)c1cnn(C)c1. The Morgan fingerprint density at radius 3 is 2.50 bits per heavy atom. The second-order valence-electron chi connectivity index (χ2n) is 8.05. The lowest BCUT2D eigenvalue weighted by Crippen LogP contribution is -2.56. The lowest BCUT2D eigenvalue weighted by atomic mass is 9.88. The highest BCUT2D eigenvalue weighted by atomic mass is 16.2. The molecule has 1 aromatic heterocycles. The van der Waals surface area contributed by atoms with Crippen molar-refractivity contribution in [1.29, 1.82) is 0 Å². The normalized spacial score (nSPS) is 23.9. The standard InChI is InChI=1S/C18H33N5O/c1-13-7-14(2)10-23(9-13)18(3,4)12-20-17(24)16(19-5)15-8-21-22(6)11-15/h8,11,13-14,16,19H,7,9-10,12H2,1-6H3,(H,20,24). The van der Waals surface area contributed by atoms with E-state index in [1.165, 1.54) is 6.42 Å². The lowest BCUT2D eigenvalue weighted by Gasteiger charge is -2.45. The maximum Gasteiger partial charge on any atom is 0.241 e. The van der Waals surface area contributed by atoms with Gasteiger partial charge in [0, 0.05) is 44.0 Å². The van der Waals surface area contributed by atoms with E-state index >= 15 is 0 Å². The zero-order valence-corrected chi connectivity index (χ0v) is 16.0. The van der Waals surface area contributed by atoms with Crippen LogP contribution in [0.4, 0.5) is 0 Å². The summed E-state index contributed by atoms with van der Waals surface area (Å²) in [5.74, 6) is 1.42. The van der Waals surface area contributed by atoms with E-state index in [1.807, 2.05) is 13.2 Å². The first kappa shape index (κ1) is 18.9. The summed E-state index contributed by atoms with van der Waals surface area (Å²) in [6.45, 7) is 11.9. The average molecular weight is 335 g/mol. The van der Waals surface area contributed by atoms with E-state index in [4.69, 9.17) is 0 Å². The van der Waals surface area contributed by atoms with Crippen LogP contribution in [0, 0.1) is 11.8 Å². The van der Waals surface area contributed by atoms with Crippen LogP contribution in [0.3, 0.4) is 0 Å². The minimum Gasteiger partial charge on any atom is -0.353 e. The third-order valence-electron chi connectivity index (χ3n) is 5.03. The largest absolute Gasteiger partial charge is 0.353 e. The summed E-state index contributed by atoms with van der Waals surface area (Å²) in [6.07, 6.45) is 4.90. The number of nitrogens with zero attached hydrogens (tertiary/aromatic N) is 3. The molecule has 6 heteroatoms. The van der Waals surface area contributed by atoms with Gasteiger partial charge in [-0.1, -0.05) is 13.8 Å². The Balaban J connectivity index is 1.96. The number of likely N-dealkylation sites (tertiary alicyclic amines) is 1. The molecule has 1 saturated heterocycles. The Morgan fingerprint density at radius 1 is 1.38 bits per heavy atom. The molecule has 136 valence electrons. The van der Waals surface area contributed by atoms with Crippen LogP contribution in [-0.2, 0) is 11.8 Å². The number of hydrogen-bond donors (Lipinski definition) is 2. The number of rotatable bonds is 6. The molecule has 3 unspecified atom stereocenters. The maximum atomic E-state index is 12.6. The number of carbonyl (C=O) groups excluding carboxylic acids is 1. The Hall–Kier alpha value is -1.40. The monoisotopic (exact) mass is 335 g/mol. The van der Waals surface area contributed by atoms with Gasteiger partial charge < -0.3 is 10.6 Å². The fourth-order valence-corrected chi connectivity index (χ4v) is 3.71. The van der Waals surface area contributed by atoms with Gasteiger partial charge in [0.05, 0.1) is 6.20 Å². The van der Waals surface area contributed by atoms with Gasteiger partial charge in [-0.2, -0.15) is 5.10 Å². The summed E-state index contributed by atoms with van der Waals surface area (Å²) < 4.78 is 1.72. The summed E-state index contributed by atoms with van der Waals surface area (Å²) >= 11 is 0. The highest BCUT2D eigenvalue weighted by Gasteiger charge is 2.33. The van der Waals surface area contributed by atoms with E-state index in [0.29, 0.717) is 18.4 Å². The number of aromatic nitrogens is 2. The molecule has 24 heavy (non-hydrogen) atoms. The van der Waals surface area contributed by atoms with Gasteiger partial charge in [0.2, 0.25) is 5.91 Å². The van der Waals surface area contributed by atoms with E-state index in [9.17, 15) is 4.79 Å². The van der Waals surface area contributed by atoms with E-state index in [0.717, 1.165) is 18.7 Å². The number of amides is 1. The number of nitrogens with one attached hydrogen (secondary N) is 2. The third kappa shape index (κ3) is 4.57. The van der Waals surface area contributed by atoms with Crippen molar-refractivity contribution < 1.29 is 4.79 Å². The van der Waals surface area contributed by atoms with Gasteiger partial charge in [-0.05, 0) is 39.2 Å². The Kier molecular flexibility index (Phi) is 6.04. The molecule has 0 bridgehead atoms. The van der Waals surface area contributed by atoms with Crippen LogP contribution >= 0.6 is 0 Å². The minimum atomic E-state index is -0.367. The molecule has 0 radical (unpaired) electrons. The molecule has 1 amide bonds. The average Bonchev–Trinajstić information content (AvgIpc) is 2.91. The van der Waals surface area contributed by atoms with E-state index in [-0.39, 0.29) is 17.5 Å². The molecule has 0 aromatic carbocycles. The van der Waals surface area contributed by atoms with Crippen LogP contribution in [0.25, 0.3) is 0 Å². The summed E-state index contributed by atoms with van der Waals surface area (Å²) in [7, 11) is 3.66. The smallest absolute Gasteiger partial charge is 0.241 e. The van der Waals surface area contributed by atoms with E-state index < -0.39 is 0 Å². The summed E-state index contributed by atoms with van der Waals surface area (Å²) in [5.41, 5.74) is 0.835. The molecule has 2 rings (SSSR count). The van der Waals surface area contributed by atoms with Gasteiger partial charge in [0.25, 0.3) is 0 Å². The molecule has 1 fully saturated rings. The molecule has 1 aliphatic rings. The van der Waals surface area contributed by atoms with Crippen molar-refractivity contribution in [3.63, 3.8) is 0 Å². The Bertz CT molecular complexity index is 543. The van der Waals surface area contributed by atoms with Gasteiger partial charge in [0.15, 0.2) is 0 Å². The van der Waals surface area contributed by atoms with Crippen molar-refractivity contribution in [2.75, 3.05) is 26.7 Å². The number of hydrogen-bond acceptors (Lipinski definition) is 4. The van der Waals surface area contributed by atoms with Crippen molar-refractivity contribution in [3.05, 3.63) is 18.0 Å². The van der Waals surface area contributed by atoms with Crippen molar-refractivity contribution in [2.24, 2.45) is 18.9 Å². The second-order valence-corrected chi connectivity index (χ2v) is 8.05. The summed E-state index contributed by atoms with van der Waals surface area (Å²) in [5, 5.41) is 10.4. The van der Waals surface area contributed by atoms with Crippen molar-refractivity contribution in [2.45, 2.75) is 45.7 Å². The van der Waals surface area contributed by atoms with Crippen LogP contribution in [0.2, 0.25) is 0 Å². The fraction of sp³-hybridized carbons (Fsp3) is 0.778. The molecule has 3 atom stereocenters. The number of piperidine rings is 1. The van der Waals surface area contributed by atoms with Gasteiger partial charge in [-0.15, -0.1) is 0 Å². The minimum absolute atomic E-state index is 0.00307. The molecule has 0 aliphatic carbocycles. The second kappa shape index (κ2) is 7.66. The van der Waals surface area contributed by atoms with Crippen molar-refractivity contribution in [1.82, 2.24) is 25.3 Å². The lowest BCUT2D eigenvalue weighted by molar-refractivity contribution is -0.123. The first-order valence-electron chi connectivity index (χ1n) is 8.91. The van der Waals surface area contributed by atoms with Gasteiger partial charge in [-0.25, -0.2) is 0 Å². The van der Waals surface area contributed by atoms with Crippen LogP contribution in [0.1, 0.15) is 45.7 Å². The van der Waals surface area contributed by atoms with Crippen LogP contribution in [-0.4, -0.2) is 52.8 Å². The predicted molar refractivity (Wildman–Crippen MR) is 96.6 cm³/mol. The Labute approximate surface area is 146 Å². The number of aryl methyl sites for hydroxylation is 1. The molecule has 2 heterocycles. The molecule has 1 aromatic rings. The van der Waals surface area contributed by atoms with Gasteiger partial charge >= 0.3 is 0 Å². The predicted octanol–water partition coefficient (Wildman–Crippen LogP) is 1.55. The first-order chi connectivity index (χ1) is 11.2. The molecular weight excluding hydrogens is 302 g/mol. The zero-order valence-electron chi connectivity index (χ0n) is 16.0. The van der Waals surface area contributed by atoms with Crippen molar-refractivity contribution >= 4 is 5.91 Å². The van der Waals surface area contributed by atoms with E-state index in [1.54, 1.807) is 17.9 Å². The highest BCUT2D eigenvalue weighted by molar-refractivity contribution is 5.83. The van der Waals surface area contributed by atoms with Gasteiger partial charge in [-0.3, -0.25) is 14.4 Å². The molecule has 0 saturated carbocycles. The third-order valence-corrected chi connectivity index (χ3v) is 5.03. The summed E-state index contributed by atoms with van der Waals surface area (Å²) in [6, 6.07) is -0.367. The molecule has 6 nitrogen and oxygen atoms in total. The maximum absolute atomic E-state index is 12.6. The highest BCUT2D eigenvalue weighted by Crippen LogP contribution is 2.27. The quantitative estimate of drug-likeness (QED) is 0.828. The van der Waals surface area contributed by atoms with Crippen LogP contribution in [0.15, 0.2) is 12.4 Å². The molecular formula is C18H33N5O. The van der Waals surface area contributed by atoms with Crippen molar-refractivity contribution in [3.8, 4) is 0 Å². The van der Waals surface area contributed by atoms with E-state index in [2.05, 4.69) is 48.3 Å². The number of carbonyl (C=O) groups is 1.